The molecule has 0 bridgehead atoms. The van der Waals surface area contributed by atoms with Crippen LogP contribution >= 0.6 is 0 Å². The third-order valence-electron chi connectivity index (χ3n) is 4.63. The number of anilines is 2. The van der Waals surface area contributed by atoms with E-state index >= 15 is 0 Å². The van der Waals surface area contributed by atoms with Crippen molar-refractivity contribution in [3.8, 4) is 5.75 Å². The highest BCUT2D eigenvalue weighted by Gasteiger charge is 2.07. The number of nitrogen functional groups attached to an aromatic ring is 1. The Morgan fingerprint density at radius 2 is 1.79 bits per heavy atom. The molecule has 5 nitrogen and oxygen atoms in total. The summed E-state index contributed by atoms with van der Waals surface area (Å²) in [5.74, 6) is 1.32. The van der Waals surface area contributed by atoms with Crippen LogP contribution in [0.5, 0.6) is 5.75 Å². The molecular weight excluding hydrogens is 367 g/mol. The number of ether oxygens (including phenoxy) is 1. The number of hydrogen-bond donors (Lipinski definition) is 2. The summed E-state index contributed by atoms with van der Waals surface area (Å²) in [5, 5.41) is 4.26. The highest BCUT2D eigenvalue weighted by Crippen LogP contribution is 2.23. The first-order valence-electron chi connectivity index (χ1n) is 9.38. The Kier molecular flexibility index (Phi) is 5.52. The first-order valence-corrected chi connectivity index (χ1v) is 9.38. The molecule has 0 fully saturated rings. The van der Waals surface area contributed by atoms with Crippen molar-refractivity contribution in [2.75, 3.05) is 17.6 Å². The average molecular weight is 388 g/mol. The third kappa shape index (κ3) is 4.60. The fraction of sp³-hybridized carbons (Fsp3) is 0.130. The number of nitrogens with two attached hydrogens (primary N) is 1. The highest BCUT2D eigenvalue weighted by molar-refractivity contribution is 5.91. The summed E-state index contributed by atoms with van der Waals surface area (Å²) in [6, 6.07) is 19.8. The fourth-order valence-electron chi connectivity index (χ4n) is 3.12. The predicted molar refractivity (Wildman–Crippen MR) is 113 cm³/mol. The van der Waals surface area contributed by atoms with Crippen LogP contribution in [0.2, 0.25) is 0 Å². The van der Waals surface area contributed by atoms with E-state index in [0.717, 1.165) is 40.0 Å². The Labute approximate surface area is 168 Å². The van der Waals surface area contributed by atoms with Gasteiger partial charge in [-0.2, -0.15) is 0 Å². The Balaban J connectivity index is 1.42. The molecule has 0 atom stereocenters. The number of rotatable bonds is 7. The van der Waals surface area contributed by atoms with E-state index in [-0.39, 0.29) is 5.82 Å². The summed E-state index contributed by atoms with van der Waals surface area (Å²) < 4.78 is 19.0. The quantitative estimate of drug-likeness (QED) is 0.453. The van der Waals surface area contributed by atoms with Crippen LogP contribution in [-0.4, -0.2) is 16.5 Å². The summed E-state index contributed by atoms with van der Waals surface area (Å²) in [6.45, 7) is 1.07. The number of nitrogens with zero attached hydrogens (tertiary/aromatic N) is 2. The largest absolute Gasteiger partial charge is 0.489 e. The van der Waals surface area contributed by atoms with Crippen molar-refractivity contribution in [2.24, 2.45) is 0 Å². The molecule has 1 aromatic heterocycles. The van der Waals surface area contributed by atoms with Gasteiger partial charge in [-0.05, 0) is 53.9 Å². The smallest absolute Gasteiger partial charge is 0.137 e. The number of fused-ring (bicyclic) bond motifs is 1. The van der Waals surface area contributed by atoms with Gasteiger partial charge in [-0.25, -0.2) is 14.4 Å². The van der Waals surface area contributed by atoms with Gasteiger partial charge >= 0.3 is 0 Å². The molecule has 146 valence electrons. The lowest BCUT2D eigenvalue weighted by atomic mass is 10.1. The number of nitrogens with one attached hydrogen (secondary N) is 1. The topological polar surface area (TPSA) is 73.1 Å². The van der Waals surface area contributed by atoms with Crippen molar-refractivity contribution in [3.05, 3.63) is 90.0 Å². The Hall–Kier alpha value is -3.67. The monoisotopic (exact) mass is 388 g/mol. The first kappa shape index (κ1) is 18.7. The zero-order valence-corrected chi connectivity index (χ0v) is 15.8. The molecule has 3 N–H and O–H groups in total. The minimum atomic E-state index is -0.251. The molecule has 0 unspecified atom stereocenters. The van der Waals surface area contributed by atoms with Gasteiger partial charge < -0.3 is 15.8 Å². The molecule has 0 aliphatic heterocycles. The molecule has 0 aliphatic rings. The van der Waals surface area contributed by atoms with E-state index in [1.165, 1.54) is 12.1 Å². The van der Waals surface area contributed by atoms with Crippen LogP contribution in [0.15, 0.2) is 73.1 Å². The van der Waals surface area contributed by atoms with Crippen molar-refractivity contribution in [3.63, 3.8) is 0 Å². The van der Waals surface area contributed by atoms with E-state index in [9.17, 15) is 4.39 Å². The Bertz CT molecular complexity index is 1120. The van der Waals surface area contributed by atoms with E-state index in [2.05, 4.69) is 15.3 Å². The molecule has 4 rings (SSSR count). The van der Waals surface area contributed by atoms with Crippen molar-refractivity contribution in [1.29, 1.82) is 0 Å². The molecule has 0 amide bonds. The van der Waals surface area contributed by atoms with E-state index in [4.69, 9.17) is 10.5 Å². The van der Waals surface area contributed by atoms with Crippen molar-refractivity contribution < 1.29 is 9.13 Å². The second-order valence-electron chi connectivity index (χ2n) is 6.70. The van der Waals surface area contributed by atoms with Gasteiger partial charge in [0.05, 0.1) is 5.52 Å². The normalized spacial score (nSPS) is 10.8. The van der Waals surface area contributed by atoms with Gasteiger partial charge in [0.15, 0.2) is 0 Å². The summed E-state index contributed by atoms with van der Waals surface area (Å²) in [4.78, 5) is 8.62. The zero-order chi connectivity index (χ0) is 20.1. The molecule has 0 spiro atoms. The second-order valence-corrected chi connectivity index (χ2v) is 6.70. The highest BCUT2D eigenvalue weighted by atomic mass is 19.1. The second kappa shape index (κ2) is 8.56. The van der Waals surface area contributed by atoms with Crippen LogP contribution < -0.4 is 15.8 Å². The van der Waals surface area contributed by atoms with E-state index in [0.29, 0.717) is 18.8 Å². The maximum atomic E-state index is 13.0. The lowest BCUT2D eigenvalue weighted by Crippen LogP contribution is -2.08. The number of aromatic nitrogens is 2. The van der Waals surface area contributed by atoms with Gasteiger partial charge in [0.25, 0.3) is 0 Å². The minimum absolute atomic E-state index is 0.251. The minimum Gasteiger partial charge on any atom is -0.489 e. The first-order chi connectivity index (χ1) is 14.2. The molecule has 6 heteroatoms. The summed E-state index contributed by atoms with van der Waals surface area (Å²) in [6.07, 6.45) is 2.30. The summed E-state index contributed by atoms with van der Waals surface area (Å²) >= 11 is 0. The molecule has 29 heavy (non-hydrogen) atoms. The van der Waals surface area contributed by atoms with Gasteiger partial charge in [-0.1, -0.05) is 30.3 Å². The number of para-hydroxylation sites is 1. The third-order valence-corrected chi connectivity index (χ3v) is 4.63. The fourth-order valence-corrected chi connectivity index (χ4v) is 3.12. The lowest BCUT2D eigenvalue weighted by Gasteiger charge is -2.13. The molecule has 3 aromatic carbocycles. The number of hydrogen-bond acceptors (Lipinski definition) is 5. The Morgan fingerprint density at radius 3 is 2.66 bits per heavy atom. The molecule has 0 saturated carbocycles. The maximum absolute atomic E-state index is 13.0. The van der Waals surface area contributed by atoms with Crippen LogP contribution in [-0.2, 0) is 13.0 Å². The Morgan fingerprint density at radius 1 is 0.966 bits per heavy atom. The van der Waals surface area contributed by atoms with Gasteiger partial charge in [0, 0.05) is 17.6 Å². The van der Waals surface area contributed by atoms with Gasteiger partial charge in [0.2, 0.25) is 0 Å². The van der Waals surface area contributed by atoms with Crippen LogP contribution in [0.1, 0.15) is 11.1 Å². The number of halogens is 1. The average Bonchev–Trinajstić information content (AvgIpc) is 2.74. The molecular formula is C23H21FN4O. The standard InChI is InChI=1S/C23H21FN4O/c24-18-7-5-16(6-8-18)14-29-22-4-2-1-3-17(22)11-12-26-23-20-13-19(25)9-10-21(20)27-15-28-23/h1-10,13,15H,11-12,14,25H2,(H,26,27,28). The van der Waals surface area contributed by atoms with Crippen LogP contribution in [0, 0.1) is 5.82 Å². The molecule has 4 aromatic rings. The summed E-state index contributed by atoms with van der Waals surface area (Å²) in [5.41, 5.74) is 9.43. The molecule has 0 saturated heterocycles. The van der Waals surface area contributed by atoms with Crippen LogP contribution in [0.4, 0.5) is 15.9 Å². The van der Waals surface area contributed by atoms with Gasteiger partial charge in [0.1, 0.15) is 30.3 Å². The lowest BCUT2D eigenvalue weighted by molar-refractivity contribution is 0.303. The molecule has 0 radical (unpaired) electrons. The van der Waals surface area contributed by atoms with E-state index in [1.54, 1.807) is 18.5 Å². The van der Waals surface area contributed by atoms with Gasteiger partial charge in [-0.3, -0.25) is 0 Å². The molecule has 1 heterocycles. The van der Waals surface area contributed by atoms with Crippen LogP contribution in [0.3, 0.4) is 0 Å². The van der Waals surface area contributed by atoms with E-state index in [1.807, 2.05) is 42.5 Å². The van der Waals surface area contributed by atoms with Gasteiger partial charge in [-0.15, -0.1) is 0 Å². The van der Waals surface area contributed by atoms with Crippen molar-refractivity contribution in [2.45, 2.75) is 13.0 Å². The predicted octanol–water partition coefficient (Wildman–Crippen LogP) is 4.58. The van der Waals surface area contributed by atoms with E-state index < -0.39 is 0 Å². The molecule has 0 aliphatic carbocycles. The number of benzene rings is 3. The van der Waals surface area contributed by atoms with Crippen molar-refractivity contribution in [1.82, 2.24) is 9.97 Å². The van der Waals surface area contributed by atoms with Crippen molar-refractivity contribution >= 4 is 22.4 Å². The summed E-state index contributed by atoms with van der Waals surface area (Å²) in [7, 11) is 0. The SMILES string of the molecule is Nc1ccc2ncnc(NCCc3ccccc3OCc3ccc(F)cc3)c2c1. The maximum Gasteiger partial charge on any atom is 0.137 e. The van der Waals surface area contributed by atoms with Crippen LogP contribution in [0.25, 0.3) is 10.9 Å². The zero-order valence-electron chi connectivity index (χ0n) is 15.8.